The van der Waals surface area contributed by atoms with Crippen LogP contribution < -0.4 is 9.44 Å². The van der Waals surface area contributed by atoms with Crippen LogP contribution in [0.5, 0.6) is 0 Å². The zero-order chi connectivity index (χ0) is 24.6. The van der Waals surface area contributed by atoms with E-state index < -0.39 is 48.6 Å². The number of nitrogens with one attached hydrogen (secondary N) is 2. The predicted molar refractivity (Wildman–Crippen MR) is 117 cm³/mol. The molecule has 0 radical (unpaired) electrons. The number of sulfonamides is 2. The highest BCUT2D eigenvalue weighted by molar-refractivity contribution is 7.89. The van der Waals surface area contributed by atoms with Gasteiger partial charge < -0.3 is 4.74 Å². The highest BCUT2D eigenvalue weighted by atomic mass is 32.2. The third kappa shape index (κ3) is 7.84. The van der Waals surface area contributed by atoms with Crippen molar-refractivity contribution in [2.45, 2.75) is 48.9 Å². The summed E-state index contributed by atoms with van der Waals surface area (Å²) in [5.41, 5.74) is 0.921. The minimum absolute atomic E-state index is 0.00794. The number of benzene rings is 2. The van der Waals surface area contributed by atoms with Crippen LogP contribution in [0.3, 0.4) is 0 Å². The van der Waals surface area contributed by atoms with Crippen LogP contribution in [-0.4, -0.2) is 42.0 Å². The molecule has 2 aromatic rings. The Bertz CT molecular complexity index is 1170. The maximum atomic E-state index is 13.4. The fourth-order valence-electron chi connectivity index (χ4n) is 2.85. The van der Waals surface area contributed by atoms with Gasteiger partial charge in [0.25, 0.3) is 0 Å². The molecular weight excluding hydrogens is 478 g/mol. The van der Waals surface area contributed by atoms with Gasteiger partial charge in [-0.3, -0.25) is 4.79 Å². The molecule has 0 bridgehead atoms. The smallest absolute Gasteiger partial charge is 0.324 e. The van der Waals surface area contributed by atoms with E-state index in [1.807, 2.05) is 6.92 Å². The number of carbonyl (C=O) groups excluding carboxylic acids is 1. The van der Waals surface area contributed by atoms with Crippen molar-refractivity contribution in [1.29, 1.82) is 0 Å². The Morgan fingerprint density at radius 1 is 0.939 bits per heavy atom. The largest absolute Gasteiger partial charge is 0.465 e. The third-order valence-corrected chi connectivity index (χ3v) is 7.56. The molecule has 0 saturated heterocycles. The lowest BCUT2D eigenvalue weighted by Gasteiger charge is -2.17. The van der Waals surface area contributed by atoms with Crippen molar-refractivity contribution in [3.63, 3.8) is 0 Å². The van der Waals surface area contributed by atoms with Crippen LogP contribution >= 0.6 is 0 Å². The van der Waals surface area contributed by atoms with Gasteiger partial charge in [0.1, 0.15) is 6.04 Å². The average Bonchev–Trinajstić information content (AvgIpc) is 2.74. The van der Waals surface area contributed by atoms with E-state index in [9.17, 15) is 30.4 Å². The number of carbonyl (C=O) groups is 1. The Kier molecular flexibility index (Phi) is 9.46. The first-order valence-electron chi connectivity index (χ1n) is 10.2. The molecule has 0 saturated carbocycles. The topological polar surface area (TPSA) is 119 Å². The van der Waals surface area contributed by atoms with E-state index in [1.54, 1.807) is 19.1 Å². The monoisotopic (exact) mass is 504 g/mol. The van der Waals surface area contributed by atoms with Gasteiger partial charge in [0, 0.05) is 6.54 Å². The van der Waals surface area contributed by atoms with Gasteiger partial charge in [-0.05, 0) is 63.4 Å². The van der Waals surface area contributed by atoms with Crippen molar-refractivity contribution in [2.24, 2.45) is 0 Å². The summed E-state index contributed by atoms with van der Waals surface area (Å²) in [7, 11) is -8.03. The zero-order valence-corrected chi connectivity index (χ0v) is 19.8. The Hall–Kier alpha value is -2.41. The zero-order valence-electron chi connectivity index (χ0n) is 18.2. The summed E-state index contributed by atoms with van der Waals surface area (Å²) >= 11 is 0. The first-order valence-corrected chi connectivity index (χ1v) is 13.1. The van der Waals surface area contributed by atoms with Crippen LogP contribution in [0.25, 0.3) is 0 Å². The van der Waals surface area contributed by atoms with Crippen molar-refractivity contribution in [3.05, 3.63) is 59.7 Å². The molecule has 33 heavy (non-hydrogen) atoms. The predicted octanol–water partition coefficient (Wildman–Crippen LogP) is 2.63. The van der Waals surface area contributed by atoms with E-state index in [4.69, 9.17) is 4.74 Å². The maximum absolute atomic E-state index is 13.4. The molecule has 2 rings (SSSR count). The van der Waals surface area contributed by atoms with Crippen LogP contribution in [0.15, 0.2) is 52.3 Å². The van der Waals surface area contributed by atoms with E-state index >= 15 is 0 Å². The van der Waals surface area contributed by atoms with Crippen LogP contribution in [0.4, 0.5) is 8.78 Å². The first kappa shape index (κ1) is 26.8. The number of hydrogen-bond donors (Lipinski definition) is 2. The number of hydrogen-bond acceptors (Lipinski definition) is 6. The van der Waals surface area contributed by atoms with Crippen molar-refractivity contribution in [3.8, 4) is 0 Å². The molecule has 0 heterocycles. The SMILES string of the molecule is CCOC(=O)C(CCCCNS(=O)(=O)c1ccc(C)cc1)NS(=O)(=O)c1ccc(F)c(F)c1. The first-order chi connectivity index (χ1) is 15.5. The van der Waals surface area contributed by atoms with Crippen LogP contribution in [0.1, 0.15) is 31.7 Å². The minimum Gasteiger partial charge on any atom is -0.465 e. The molecule has 1 atom stereocenters. The van der Waals surface area contributed by atoms with Gasteiger partial charge in [-0.2, -0.15) is 4.72 Å². The van der Waals surface area contributed by atoms with Gasteiger partial charge in [-0.15, -0.1) is 0 Å². The highest BCUT2D eigenvalue weighted by Gasteiger charge is 2.27. The second-order valence-corrected chi connectivity index (χ2v) is 10.7. The van der Waals surface area contributed by atoms with Crippen LogP contribution in [-0.2, 0) is 29.6 Å². The number of esters is 1. The quantitative estimate of drug-likeness (QED) is 0.339. The fraction of sp³-hybridized carbons (Fsp3) is 0.381. The summed E-state index contributed by atoms with van der Waals surface area (Å²) in [6.07, 6.45) is 0.599. The lowest BCUT2D eigenvalue weighted by molar-refractivity contribution is -0.145. The Labute approximate surface area is 192 Å². The van der Waals surface area contributed by atoms with Gasteiger partial charge in [-0.25, -0.2) is 30.3 Å². The summed E-state index contributed by atoms with van der Waals surface area (Å²) in [6, 6.07) is 7.11. The summed E-state index contributed by atoms with van der Waals surface area (Å²) in [5.74, 6) is -3.38. The van der Waals surface area contributed by atoms with E-state index in [-0.39, 0.29) is 30.9 Å². The van der Waals surface area contributed by atoms with Crippen molar-refractivity contribution < 1.29 is 35.1 Å². The maximum Gasteiger partial charge on any atom is 0.324 e. The molecule has 0 fully saturated rings. The standard InChI is InChI=1S/C21H26F2N2O6S2/c1-3-31-21(26)20(25-33(29,30)17-11-12-18(22)19(23)14-17)6-4-5-13-24-32(27,28)16-9-7-15(2)8-10-16/h7-12,14,20,24-25H,3-6,13H2,1-2H3. The number of rotatable bonds is 12. The summed E-state index contributed by atoms with van der Waals surface area (Å²) < 4.78 is 85.7. The van der Waals surface area contributed by atoms with E-state index in [2.05, 4.69) is 9.44 Å². The van der Waals surface area contributed by atoms with Crippen molar-refractivity contribution in [1.82, 2.24) is 9.44 Å². The average molecular weight is 505 g/mol. The molecule has 1 unspecified atom stereocenters. The number of aryl methyl sites for hydroxylation is 1. The number of unbranched alkanes of at least 4 members (excludes halogenated alkanes) is 1. The van der Waals surface area contributed by atoms with Crippen LogP contribution in [0.2, 0.25) is 0 Å². The van der Waals surface area contributed by atoms with Crippen molar-refractivity contribution in [2.75, 3.05) is 13.2 Å². The Morgan fingerprint density at radius 3 is 2.18 bits per heavy atom. The molecule has 2 N–H and O–H groups in total. The Morgan fingerprint density at radius 2 is 1.58 bits per heavy atom. The molecule has 12 heteroatoms. The fourth-order valence-corrected chi connectivity index (χ4v) is 5.15. The molecule has 182 valence electrons. The molecular formula is C21H26F2N2O6S2. The molecule has 2 aromatic carbocycles. The number of ether oxygens (including phenoxy) is 1. The van der Waals surface area contributed by atoms with E-state index in [1.165, 1.54) is 12.1 Å². The van der Waals surface area contributed by atoms with E-state index in [0.717, 1.165) is 11.6 Å². The minimum atomic E-state index is -4.34. The van der Waals surface area contributed by atoms with Gasteiger partial charge in [0.05, 0.1) is 16.4 Å². The molecule has 8 nitrogen and oxygen atoms in total. The summed E-state index contributed by atoms with van der Waals surface area (Å²) in [6.45, 7) is 3.48. The van der Waals surface area contributed by atoms with Crippen LogP contribution in [0, 0.1) is 18.6 Å². The molecule has 0 aliphatic rings. The van der Waals surface area contributed by atoms with Gasteiger partial charge >= 0.3 is 5.97 Å². The third-order valence-electron chi connectivity index (χ3n) is 4.61. The van der Waals surface area contributed by atoms with Gasteiger partial charge in [0.2, 0.25) is 20.0 Å². The molecule has 0 spiro atoms. The molecule has 0 amide bonds. The van der Waals surface area contributed by atoms with E-state index in [0.29, 0.717) is 18.6 Å². The van der Waals surface area contributed by atoms with Crippen molar-refractivity contribution >= 4 is 26.0 Å². The second kappa shape index (κ2) is 11.6. The summed E-state index contributed by atoms with van der Waals surface area (Å²) in [4.78, 5) is 11.8. The molecule has 0 aliphatic carbocycles. The summed E-state index contributed by atoms with van der Waals surface area (Å²) in [5, 5.41) is 0. The lowest BCUT2D eigenvalue weighted by atomic mass is 10.1. The second-order valence-electron chi connectivity index (χ2n) is 7.21. The lowest BCUT2D eigenvalue weighted by Crippen LogP contribution is -2.42. The molecule has 0 aliphatic heterocycles. The highest BCUT2D eigenvalue weighted by Crippen LogP contribution is 2.16. The number of halogens is 2. The van der Waals surface area contributed by atoms with Gasteiger partial charge in [0.15, 0.2) is 11.6 Å². The Balaban J connectivity index is 1.97. The van der Waals surface area contributed by atoms with Gasteiger partial charge in [-0.1, -0.05) is 17.7 Å². The normalized spacial score (nSPS) is 13.0. The molecule has 0 aromatic heterocycles.